The molecule has 0 aromatic heterocycles. The average molecular weight is 165 g/mol. The van der Waals surface area contributed by atoms with Gasteiger partial charge in [-0.3, -0.25) is 4.79 Å². The van der Waals surface area contributed by atoms with Crippen LogP contribution in [0.1, 0.15) is 15.9 Å². The Bertz CT molecular complexity index is 333. The van der Waals surface area contributed by atoms with Crippen molar-refractivity contribution in [3.05, 3.63) is 34.2 Å². The maximum absolute atomic E-state index is 10.7. The second kappa shape index (κ2) is 3.13. The number of nitroso groups, excluding NO2 is 1. The molecule has 0 aliphatic heterocycles. The molecule has 0 aliphatic carbocycles. The molecule has 0 radical (unpaired) electrons. The van der Waals surface area contributed by atoms with Gasteiger partial charge in [0, 0.05) is 5.18 Å². The fourth-order valence-corrected chi connectivity index (χ4v) is 0.872. The Morgan fingerprint density at radius 1 is 1.50 bits per heavy atom. The minimum Gasteiger partial charge on any atom is -0.507 e. The smallest absolute Gasteiger partial charge is 0.320 e. The van der Waals surface area contributed by atoms with E-state index in [0.717, 1.165) is 5.56 Å². The third-order valence-electron chi connectivity index (χ3n) is 1.47. The molecule has 1 amide bonds. The van der Waals surface area contributed by atoms with Gasteiger partial charge in [-0.25, -0.2) is 0 Å². The van der Waals surface area contributed by atoms with Crippen LogP contribution in [0, 0.1) is 11.8 Å². The summed E-state index contributed by atoms with van der Waals surface area (Å²) in [7, 11) is 0. The zero-order chi connectivity index (χ0) is 9.14. The third-order valence-corrected chi connectivity index (χ3v) is 1.47. The molecular formula is C8H7NO3. The molecule has 0 heterocycles. The monoisotopic (exact) mass is 165 g/mol. The number of aryl methyl sites for hydroxylation is 1. The van der Waals surface area contributed by atoms with E-state index in [1.807, 2.05) is 0 Å². The first-order valence-electron chi connectivity index (χ1n) is 3.32. The normalized spacial score (nSPS) is 9.42. The van der Waals surface area contributed by atoms with Crippen LogP contribution in [0.5, 0.6) is 5.75 Å². The standard InChI is InChI=1S/C8H7NO3/c1-5-2-3-6(7(10)4-5)8(11)9-12/h2-4,10H,1H3. The highest BCUT2D eigenvalue weighted by molar-refractivity contribution is 5.97. The Kier molecular flexibility index (Phi) is 2.19. The van der Waals surface area contributed by atoms with Crippen LogP contribution in [-0.4, -0.2) is 11.0 Å². The molecule has 0 fully saturated rings. The number of hydrogen-bond acceptors (Lipinski definition) is 3. The lowest BCUT2D eigenvalue weighted by Gasteiger charge is -1.98. The van der Waals surface area contributed by atoms with Crippen LogP contribution in [0.2, 0.25) is 0 Å². The lowest BCUT2D eigenvalue weighted by Crippen LogP contribution is -1.93. The molecule has 12 heavy (non-hydrogen) atoms. The molecular weight excluding hydrogens is 158 g/mol. The third kappa shape index (κ3) is 1.47. The van der Waals surface area contributed by atoms with E-state index in [4.69, 9.17) is 0 Å². The molecule has 1 rings (SSSR count). The lowest BCUT2D eigenvalue weighted by molar-refractivity contribution is 0.0998. The van der Waals surface area contributed by atoms with Gasteiger partial charge in [-0.2, -0.15) is 0 Å². The van der Waals surface area contributed by atoms with E-state index in [1.165, 1.54) is 12.1 Å². The van der Waals surface area contributed by atoms with Crippen LogP contribution < -0.4 is 0 Å². The van der Waals surface area contributed by atoms with E-state index in [0.29, 0.717) is 0 Å². The van der Waals surface area contributed by atoms with Crippen molar-refractivity contribution in [2.24, 2.45) is 5.18 Å². The van der Waals surface area contributed by atoms with Gasteiger partial charge in [0.2, 0.25) is 0 Å². The van der Waals surface area contributed by atoms with Crippen LogP contribution in [-0.2, 0) is 0 Å². The molecule has 1 aromatic carbocycles. The summed E-state index contributed by atoms with van der Waals surface area (Å²) in [4.78, 5) is 20.5. The van der Waals surface area contributed by atoms with Crippen molar-refractivity contribution >= 4 is 5.91 Å². The SMILES string of the molecule is Cc1ccc(C(=O)N=O)c(O)c1. The Morgan fingerprint density at radius 3 is 2.67 bits per heavy atom. The summed E-state index contributed by atoms with van der Waals surface area (Å²) < 4.78 is 0. The van der Waals surface area contributed by atoms with Crippen molar-refractivity contribution < 1.29 is 9.90 Å². The first kappa shape index (κ1) is 8.39. The maximum Gasteiger partial charge on any atom is 0.320 e. The van der Waals surface area contributed by atoms with Gasteiger partial charge in [0.05, 0.1) is 5.56 Å². The molecule has 4 nitrogen and oxygen atoms in total. The summed E-state index contributed by atoms with van der Waals surface area (Å²) in [5, 5.41) is 11.4. The van der Waals surface area contributed by atoms with Crippen molar-refractivity contribution in [3.8, 4) is 5.75 Å². The molecule has 4 heteroatoms. The van der Waals surface area contributed by atoms with Crippen molar-refractivity contribution in [3.63, 3.8) is 0 Å². The number of nitrogens with zero attached hydrogens (tertiary/aromatic N) is 1. The predicted octanol–water partition coefficient (Wildman–Crippen LogP) is 1.61. The quantitative estimate of drug-likeness (QED) is 0.642. The van der Waals surface area contributed by atoms with Gasteiger partial charge in [0.25, 0.3) is 0 Å². The van der Waals surface area contributed by atoms with Crippen molar-refractivity contribution in [1.82, 2.24) is 0 Å². The summed E-state index contributed by atoms with van der Waals surface area (Å²) in [6.07, 6.45) is 0. The van der Waals surface area contributed by atoms with Crippen molar-refractivity contribution in [2.45, 2.75) is 6.92 Å². The molecule has 0 atom stereocenters. The van der Waals surface area contributed by atoms with Gasteiger partial charge in [0.15, 0.2) is 0 Å². The van der Waals surface area contributed by atoms with Gasteiger partial charge in [-0.05, 0) is 24.6 Å². The molecule has 0 saturated carbocycles. The van der Waals surface area contributed by atoms with Gasteiger partial charge >= 0.3 is 5.91 Å². The molecule has 62 valence electrons. The van der Waals surface area contributed by atoms with Crippen LogP contribution >= 0.6 is 0 Å². The van der Waals surface area contributed by atoms with E-state index < -0.39 is 5.91 Å². The van der Waals surface area contributed by atoms with E-state index in [2.05, 4.69) is 5.18 Å². The first-order valence-corrected chi connectivity index (χ1v) is 3.32. The van der Waals surface area contributed by atoms with Crippen LogP contribution in [0.4, 0.5) is 0 Å². The van der Waals surface area contributed by atoms with Crippen molar-refractivity contribution in [1.29, 1.82) is 0 Å². The van der Waals surface area contributed by atoms with E-state index in [-0.39, 0.29) is 11.3 Å². The maximum atomic E-state index is 10.7. The lowest BCUT2D eigenvalue weighted by atomic mass is 10.1. The number of phenolic OH excluding ortho intramolecular Hbond substituents is 1. The zero-order valence-corrected chi connectivity index (χ0v) is 6.44. The molecule has 0 saturated heterocycles. The van der Waals surface area contributed by atoms with Crippen LogP contribution in [0.15, 0.2) is 23.4 Å². The predicted molar refractivity (Wildman–Crippen MR) is 43.0 cm³/mol. The summed E-state index contributed by atoms with van der Waals surface area (Å²) in [5.41, 5.74) is 0.755. The van der Waals surface area contributed by atoms with E-state index in [9.17, 15) is 14.8 Å². The number of carbonyl (C=O) groups is 1. The highest BCUT2D eigenvalue weighted by Crippen LogP contribution is 2.18. The molecule has 1 aromatic rings. The number of carbonyl (C=O) groups excluding carboxylic acids is 1. The Morgan fingerprint density at radius 2 is 2.17 bits per heavy atom. The number of rotatable bonds is 1. The molecule has 1 N–H and O–H groups in total. The number of benzene rings is 1. The first-order chi connectivity index (χ1) is 5.65. The second-order valence-electron chi connectivity index (χ2n) is 2.42. The highest BCUT2D eigenvalue weighted by Gasteiger charge is 2.10. The Balaban J connectivity index is 3.18. The zero-order valence-electron chi connectivity index (χ0n) is 6.44. The average Bonchev–Trinajstić information content (AvgIpc) is 2.03. The summed E-state index contributed by atoms with van der Waals surface area (Å²) in [6.45, 7) is 1.77. The van der Waals surface area contributed by atoms with E-state index >= 15 is 0 Å². The summed E-state index contributed by atoms with van der Waals surface area (Å²) >= 11 is 0. The minimum absolute atomic E-state index is 0.0596. The molecule has 0 unspecified atom stereocenters. The number of phenols is 1. The Hall–Kier alpha value is -1.71. The summed E-state index contributed by atoms with van der Waals surface area (Å²) in [6, 6.07) is 4.39. The van der Waals surface area contributed by atoms with Crippen molar-refractivity contribution in [2.75, 3.05) is 0 Å². The fraction of sp³-hybridized carbons (Fsp3) is 0.125. The van der Waals surface area contributed by atoms with Gasteiger partial charge in [0.1, 0.15) is 5.75 Å². The van der Waals surface area contributed by atoms with Gasteiger partial charge < -0.3 is 5.11 Å². The van der Waals surface area contributed by atoms with E-state index in [1.54, 1.807) is 13.0 Å². The van der Waals surface area contributed by atoms with Gasteiger partial charge in [-0.1, -0.05) is 6.07 Å². The van der Waals surface area contributed by atoms with Gasteiger partial charge in [-0.15, -0.1) is 4.91 Å². The fourth-order valence-electron chi connectivity index (χ4n) is 0.872. The summed E-state index contributed by atoms with van der Waals surface area (Å²) in [5.74, 6) is -1.16. The Labute approximate surface area is 68.8 Å². The molecule has 0 bridgehead atoms. The minimum atomic E-state index is -0.951. The second-order valence-corrected chi connectivity index (χ2v) is 2.42. The van der Waals surface area contributed by atoms with Crippen LogP contribution in [0.25, 0.3) is 0 Å². The van der Waals surface area contributed by atoms with Crippen LogP contribution in [0.3, 0.4) is 0 Å². The largest absolute Gasteiger partial charge is 0.507 e. The number of amides is 1. The highest BCUT2D eigenvalue weighted by atomic mass is 16.3. The number of hydrogen-bond donors (Lipinski definition) is 1. The number of aromatic hydroxyl groups is 1. The molecule has 0 spiro atoms. The topological polar surface area (TPSA) is 66.7 Å². The molecule has 0 aliphatic rings.